The molecule has 0 atom stereocenters. The summed E-state index contributed by atoms with van der Waals surface area (Å²) in [6.07, 6.45) is 2.63. The third-order valence-corrected chi connectivity index (χ3v) is 3.63. The van der Waals surface area contributed by atoms with Crippen molar-refractivity contribution in [1.82, 2.24) is 15.1 Å². The predicted octanol–water partition coefficient (Wildman–Crippen LogP) is 0.0670. The molecule has 1 fully saturated rings. The Morgan fingerprint density at radius 2 is 2.28 bits per heavy atom. The molecule has 0 saturated heterocycles. The number of nitrogen functional groups attached to an aromatic ring is 1. The van der Waals surface area contributed by atoms with Gasteiger partial charge in [0.25, 0.3) is 5.91 Å². The number of aromatic nitrogens is 2. The molecular weight excluding hydrogens is 232 g/mol. The molecule has 1 aliphatic rings. The van der Waals surface area contributed by atoms with Crippen LogP contribution in [0.1, 0.15) is 35.9 Å². The second-order valence-corrected chi connectivity index (χ2v) is 5.03. The van der Waals surface area contributed by atoms with Gasteiger partial charge in [0.15, 0.2) is 0 Å². The zero-order chi connectivity index (χ0) is 13.3. The van der Waals surface area contributed by atoms with Gasteiger partial charge in [-0.25, -0.2) is 0 Å². The molecule has 0 unspecified atom stereocenters. The molecule has 1 aromatic rings. The summed E-state index contributed by atoms with van der Waals surface area (Å²) in [5.41, 5.74) is 7.40. The molecule has 4 N–H and O–H groups in total. The standard InChI is InChI=1S/C12H20N4O2/c1-3-8-9(13)10(16(2)15-8)11(18)14-6-12(7-17)4-5-12/h17H,3-7,13H2,1-2H3,(H,14,18). The number of nitrogens with one attached hydrogen (secondary N) is 1. The molecule has 2 rings (SSSR count). The van der Waals surface area contributed by atoms with Crippen LogP contribution in [0.4, 0.5) is 5.69 Å². The number of anilines is 1. The van der Waals surface area contributed by atoms with Gasteiger partial charge in [0.05, 0.1) is 18.0 Å². The minimum absolute atomic E-state index is 0.101. The molecule has 1 aromatic heterocycles. The Bertz CT molecular complexity index is 463. The molecule has 6 nitrogen and oxygen atoms in total. The lowest BCUT2D eigenvalue weighted by Crippen LogP contribution is -2.33. The van der Waals surface area contributed by atoms with E-state index in [9.17, 15) is 9.90 Å². The van der Waals surface area contributed by atoms with Gasteiger partial charge in [-0.3, -0.25) is 9.48 Å². The number of aliphatic hydroxyl groups is 1. The molecule has 1 amide bonds. The predicted molar refractivity (Wildman–Crippen MR) is 68.1 cm³/mol. The molecule has 0 bridgehead atoms. The SMILES string of the molecule is CCc1nn(C)c(C(=O)NCC2(CO)CC2)c1N. The van der Waals surface area contributed by atoms with Gasteiger partial charge >= 0.3 is 0 Å². The number of rotatable bonds is 5. The maximum atomic E-state index is 12.1. The average molecular weight is 252 g/mol. The molecule has 100 valence electrons. The van der Waals surface area contributed by atoms with Crippen LogP contribution >= 0.6 is 0 Å². The molecule has 18 heavy (non-hydrogen) atoms. The highest BCUT2D eigenvalue weighted by molar-refractivity contribution is 5.98. The average Bonchev–Trinajstić information content (AvgIpc) is 3.08. The van der Waals surface area contributed by atoms with E-state index in [-0.39, 0.29) is 17.9 Å². The zero-order valence-electron chi connectivity index (χ0n) is 10.9. The number of carbonyl (C=O) groups excluding carboxylic acids is 1. The van der Waals surface area contributed by atoms with Crippen molar-refractivity contribution >= 4 is 11.6 Å². The van der Waals surface area contributed by atoms with E-state index in [0.717, 1.165) is 18.5 Å². The first-order valence-electron chi connectivity index (χ1n) is 6.23. The largest absolute Gasteiger partial charge is 0.396 e. The van der Waals surface area contributed by atoms with Gasteiger partial charge in [0.2, 0.25) is 0 Å². The number of hydrogen-bond acceptors (Lipinski definition) is 4. The molecule has 6 heteroatoms. The highest BCUT2D eigenvalue weighted by Gasteiger charge is 2.42. The van der Waals surface area contributed by atoms with E-state index in [2.05, 4.69) is 10.4 Å². The number of aryl methyl sites for hydroxylation is 2. The highest BCUT2D eigenvalue weighted by atomic mass is 16.3. The molecule has 1 saturated carbocycles. The second kappa shape index (κ2) is 4.61. The maximum Gasteiger partial charge on any atom is 0.271 e. The Morgan fingerprint density at radius 1 is 1.61 bits per heavy atom. The fraction of sp³-hybridized carbons (Fsp3) is 0.667. The molecule has 1 heterocycles. The van der Waals surface area contributed by atoms with E-state index in [1.807, 2.05) is 6.92 Å². The molecule has 0 radical (unpaired) electrons. The monoisotopic (exact) mass is 252 g/mol. The Kier molecular flexibility index (Phi) is 3.30. The normalized spacial score (nSPS) is 16.6. The number of carbonyl (C=O) groups is 1. The van der Waals surface area contributed by atoms with Crippen LogP contribution in [0, 0.1) is 5.41 Å². The van der Waals surface area contributed by atoms with Gasteiger partial charge in [-0.2, -0.15) is 5.10 Å². The second-order valence-electron chi connectivity index (χ2n) is 5.03. The van der Waals surface area contributed by atoms with Crippen LogP contribution in [-0.2, 0) is 13.5 Å². The molecule has 0 aromatic carbocycles. The number of amides is 1. The van der Waals surface area contributed by atoms with Crippen molar-refractivity contribution in [2.45, 2.75) is 26.2 Å². The van der Waals surface area contributed by atoms with Gasteiger partial charge in [0.1, 0.15) is 5.69 Å². The van der Waals surface area contributed by atoms with Gasteiger partial charge in [-0.15, -0.1) is 0 Å². The van der Waals surface area contributed by atoms with Crippen LogP contribution in [0.5, 0.6) is 0 Å². The molecule has 0 spiro atoms. The Labute approximate surface area is 106 Å². The van der Waals surface area contributed by atoms with E-state index >= 15 is 0 Å². The van der Waals surface area contributed by atoms with Crippen molar-refractivity contribution in [3.63, 3.8) is 0 Å². The summed E-state index contributed by atoms with van der Waals surface area (Å²) in [7, 11) is 1.71. The third kappa shape index (κ3) is 2.20. The lowest BCUT2D eigenvalue weighted by atomic mass is 10.1. The van der Waals surface area contributed by atoms with E-state index in [0.29, 0.717) is 24.3 Å². The number of aliphatic hydroxyl groups excluding tert-OH is 1. The van der Waals surface area contributed by atoms with Crippen LogP contribution in [0.3, 0.4) is 0 Å². The lowest BCUT2D eigenvalue weighted by Gasteiger charge is -2.12. The topological polar surface area (TPSA) is 93.2 Å². The first-order chi connectivity index (χ1) is 8.53. The molecule has 0 aliphatic heterocycles. The van der Waals surface area contributed by atoms with E-state index in [4.69, 9.17) is 5.73 Å². The van der Waals surface area contributed by atoms with Crippen molar-refractivity contribution in [1.29, 1.82) is 0 Å². The van der Waals surface area contributed by atoms with Gasteiger partial charge < -0.3 is 16.2 Å². The summed E-state index contributed by atoms with van der Waals surface area (Å²) in [5.74, 6) is -0.220. The molecule has 1 aliphatic carbocycles. The van der Waals surface area contributed by atoms with E-state index in [1.165, 1.54) is 4.68 Å². The van der Waals surface area contributed by atoms with Crippen LogP contribution in [0.2, 0.25) is 0 Å². The quantitative estimate of drug-likeness (QED) is 0.691. The van der Waals surface area contributed by atoms with Crippen molar-refractivity contribution in [3.8, 4) is 0 Å². The zero-order valence-corrected chi connectivity index (χ0v) is 10.9. The van der Waals surface area contributed by atoms with Gasteiger partial charge in [0, 0.05) is 19.0 Å². The van der Waals surface area contributed by atoms with Crippen molar-refractivity contribution in [3.05, 3.63) is 11.4 Å². The van der Waals surface area contributed by atoms with Crippen molar-refractivity contribution in [2.75, 3.05) is 18.9 Å². The van der Waals surface area contributed by atoms with E-state index < -0.39 is 0 Å². The third-order valence-electron chi connectivity index (χ3n) is 3.63. The Hall–Kier alpha value is -1.56. The summed E-state index contributed by atoms with van der Waals surface area (Å²) in [5, 5.41) is 16.2. The van der Waals surface area contributed by atoms with Crippen LogP contribution in [0.15, 0.2) is 0 Å². The number of hydrogen-bond donors (Lipinski definition) is 3. The minimum atomic E-state index is -0.220. The fourth-order valence-electron chi connectivity index (χ4n) is 2.05. The summed E-state index contributed by atoms with van der Waals surface area (Å²) in [4.78, 5) is 12.1. The molecular formula is C12H20N4O2. The van der Waals surface area contributed by atoms with Crippen molar-refractivity contribution in [2.24, 2.45) is 12.5 Å². The Balaban J connectivity index is 2.07. The first kappa shape index (κ1) is 12.9. The van der Waals surface area contributed by atoms with Crippen molar-refractivity contribution < 1.29 is 9.90 Å². The maximum absolute atomic E-state index is 12.1. The van der Waals surface area contributed by atoms with Gasteiger partial charge in [-0.1, -0.05) is 6.92 Å². The Morgan fingerprint density at radius 3 is 2.72 bits per heavy atom. The number of nitrogens with two attached hydrogens (primary N) is 1. The fourth-order valence-corrected chi connectivity index (χ4v) is 2.05. The van der Waals surface area contributed by atoms with Crippen LogP contribution < -0.4 is 11.1 Å². The summed E-state index contributed by atoms with van der Waals surface area (Å²) < 4.78 is 1.52. The summed E-state index contributed by atoms with van der Waals surface area (Å²) >= 11 is 0. The van der Waals surface area contributed by atoms with E-state index in [1.54, 1.807) is 7.05 Å². The summed E-state index contributed by atoms with van der Waals surface area (Å²) in [6, 6.07) is 0. The van der Waals surface area contributed by atoms with Crippen LogP contribution in [-0.4, -0.2) is 33.9 Å². The van der Waals surface area contributed by atoms with Crippen LogP contribution in [0.25, 0.3) is 0 Å². The lowest BCUT2D eigenvalue weighted by molar-refractivity contribution is 0.0926. The smallest absolute Gasteiger partial charge is 0.271 e. The first-order valence-corrected chi connectivity index (χ1v) is 6.23. The van der Waals surface area contributed by atoms with Gasteiger partial charge in [-0.05, 0) is 19.3 Å². The number of nitrogens with zero attached hydrogens (tertiary/aromatic N) is 2. The summed E-state index contributed by atoms with van der Waals surface area (Å²) in [6.45, 7) is 2.56. The highest BCUT2D eigenvalue weighted by Crippen LogP contribution is 2.44. The minimum Gasteiger partial charge on any atom is -0.396 e.